The average Bonchev–Trinajstić information content (AvgIpc) is 3.17. The summed E-state index contributed by atoms with van der Waals surface area (Å²) in [5, 5.41) is 3.16. The lowest BCUT2D eigenvalue weighted by molar-refractivity contribution is -0.122. The van der Waals surface area contributed by atoms with Gasteiger partial charge in [-0.15, -0.1) is 11.3 Å². The van der Waals surface area contributed by atoms with E-state index in [9.17, 15) is 14.0 Å². The number of halogens is 1. The van der Waals surface area contributed by atoms with Crippen LogP contribution in [-0.4, -0.2) is 16.9 Å². The minimum absolute atomic E-state index is 0.0950. The van der Waals surface area contributed by atoms with Gasteiger partial charge in [0.25, 0.3) is 0 Å². The number of fused-ring (bicyclic) bond motifs is 1. The topological polar surface area (TPSA) is 69.4 Å². The molecule has 1 atom stereocenters. The maximum absolute atomic E-state index is 13.1. The van der Waals surface area contributed by atoms with E-state index in [4.69, 9.17) is 9.15 Å². The van der Waals surface area contributed by atoms with E-state index in [-0.39, 0.29) is 11.6 Å². The maximum Gasteiger partial charge on any atom is 0.345 e. The van der Waals surface area contributed by atoms with E-state index in [2.05, 4.69) is 4.98 Å². The first-order valence-corrected chi connectivity index (χ1v) is 9.75. The molecule has 4 aromatic rings. The van der Waals surface area contributed by atoms with Crippen molar-refractivity contribution in [2.24, 2.45) is 0 Å². The van der Waals surface area contributed by atoms with E-state index in [0.29, 0.717) is 33.0 Å². The van der Waals surface area contributed by atoms with Crippen LogP contribution in [0.5, 0.6) is 5.75 Å². The van der Waals surface area contributed by atoms with Crippen molar-refractivity contribution in [1.82, 2.24) is 4.98 Å². The van der Waals surface area contributed by atoms with Gasteiger partial charge in [-0.25, -0.2) is 14.2 Å². The number of benzene rings is 2. The van der Waals surface area contributed by atoms with Crippen LogP contribution in [0, 0.1) is 5.82 Å². The maximum atomic E-state index is 13.1. The summed E-state index contributed by atoms with van der Waals surface area (Å²) in [5.41, 5.74) is 1.45. The zero-order valence-corrected chi connectivity index (χ0v) is 16.5. The highest BCUT2D eigenvalue weighted by Gasteiger charge is 2.14. The zero-order valence-electron chi connectivity index (χ0n) is 15.6. The Morgan fingerprint density at radius 3 is 2.66 bits per heavy atom. The summed E-state index contributed by atoms with van der Waals surface area (Å²) < 4.78 is 24.1. The van der Waals surface area contributed by atoms with Gasteiger partial charge in [-0.1, -0.05) is 0 Å². The largest absolute Gasteiger partial charge is 0.483 e. The Kier molecular flexibility index (Phi) is 4.98. The lowest BCUT2D eigenvalue weighted by atomic mass is 10.1. The van der Waals surface area contributed by atoms with Crippen LogP contribution in [0.25, 0.3) is 32.8 Å². The number of Topliss-reactive ketones (excluding diaryl/α,β-unsaturated/α-hetero) is 1. The van der Waals surface area contributed by atoms with E-state index in [1.54, 1.807) is 48.7 Å². The third-order valence-corrected chi connectivity index (χ3v) is 5.36. The Morgan fingerprint density at radius 1 is 1.17 bits per heavy atom. The highest BCUT2D eigenvalue weighted by molar-refractivity contribution is 7.13. The molecule has 2 heterocycles. The summed E-state index contributed by atoms with van der Waals surface area (Å²) in [5.74, 6) is 0.0347. The molecule has 0 aliphatic rings. The fourth-order valence-electron chi connectivity index (χ4n) is 2.75. The molecule has 146 valence electrons. The Hall–Kier alpha value is -3.32. The minimum atomic E-state index is -0.585. The molecule has 0 saturated carbocycles. The summed E-state index contributed by atoms with van der Waals surface area (Å²) in [6, 6.07) is 12.8. The minimum Gasteiger partial charge on any atom is -0.483 e. The Bertz CT molecular complexity index is 1260. The highest BCUT2D eigenvalue weighted by atomic mass is 32.1. The summed E-state index contributed by atoms with van der Waals surface area (Å²) in [6.07, 6.45) is -0.585. The van der Waals surface area contributed by atoms with Gasteiger partial charge in [-0.3, -0.25) is 4.79 Å². The van der Waals surface area contributed by atoms with Gasteiger partial charge in [0.05, 0.1) is 11.3 Å². The molecule has 0 bridgehead atoms. The number of ether oxygens (including phenoxy) is 1. The molecule has 0 aliphatic heterocycles. The number of nitrogens with zero attached hydrogens (tertiary/aromatic N) is 1. The second kappa shape index (κ2) is 7.60. The number of carbonyl (C=O) groups is 1. The van der Waals surface area contributed by atoms with Gasteiger partial charge < -0.3 is 9.15 Å². The van der Waals surface area contributed by atoms with Crippen molar-refractivity contribution in [3.63, 3.8) is 0 Å². The molecule has 0 amide bonds. The first kappa shape index (κ1) is 19.0. The molecule has 0 spiro atoms. The monoisotopic (exact) mass is 409 g/mol. The molecular weight excluding hydrogens is 393 g/mol. The van der Waals surface area contributed by atoms with Crippen molar-refractivity contribution >= 4 is 28.1 Å². The van der Waals surface area contributed by atoms with Gasteiger partial charge >= 0.3 is 5.63 Å². The summed E-state index contributed by atoms with van der Waals surface area (Å²) in [4.78, 5) is 28.4. The predicted octanol–water partition coefficient (Wildman–Crippen LogP) is 5.08. The van der Waals surface area contributed by atoms with E-state index in [1.807, 2.05) is 0 Å². The molecule has 7 heteroatoms. The van der Waals surface area contributed by atoms with Crippen molar-refractivity contribution in [3.8, 4) is 27.6 Å². The van der Waals surface area contributed by atoms with Gasteiger partial charge in [0.15, 0.2) is 11.9 Å². The number of hydrogen-bond acceptors (Lipinski definition) is 6. The second-order valence-electron chi connectivity index (χ2n) is 6.56. The predicted molar refractivity (Wildman–Crippen MR) is 110 cm³/mol. The molecule has 0 aliphatic carbocycles. The average molecular weight is 409 g/mol. The third-order valence-electron chi connectivity index (χ3n) is 4.46. The molecular formula is C22H16FNO4S. The van der Waals surface area contributed by atoms with Crippen molar-refractivity contribution in [1.29, 1.82) is 0 Å². The fourth-order valence-corrected chi connectivity index (χ4v) is 3.58. The molecule has 0 fully saturated rings. The standard InChI is InChI=1S/C22H16FNO4S/c1-12(25)13(2)27-17-8-5-15-9-18(22(26)28-20(15)10-17)19-11-29-21(24-19)14-3-6-16(23)7-4-14/h3-11,13H,1-2H3/t13-/m0/s1. The SMILES string of the molecule is CC(=O)[C@H](C)Oc1ccc2cc(-c3csc(-c4ccc(F)cc4)n3)c(=O)oc2c1. The van der Waals surface area contributed by atoms with Crippen LogP contribution in [0.15, 0.2) is 63.1 Å². The fraction of sp³-hybridized carbons (Fsp3) is 0.136. The molecule has 29 heavy (non-hydrogen) atoms. The van der Waals surface area contributed by atoms with Crippen LogP contribution in [0.2, 0.25) is 0 Å². The quantitative estimate of drug-likeness (QED) is 0.430. The van der Waals surface area contributed by atoms with E-state index in [0.717, 1.165) is 5.56 Å². The second-order valence-corrected chi connectivity index (χ2v) is 7.42. The number of aromatic nitrogens is 1. The van der Waals surface area contributed by atoms with Gasteiger partial charge in [0.2, 0.25) is 0 Å². The summed E-state index contributed by atoms with van der Waals surface area (Å²) in [7, 11) is 0. The number of hydrogen-bond donors (Lipinski definition) is 0. The number of ketones is 1. The summed E-state index contributed by atoms with van der Waals surface area (Å²) in [6.45, 7) is 3.11. The first-order valence-electron chi connectivity index (χ1n) is 8.87. The van der Waals surface area contributed by atoms with Crippen LogP contribution in [0.3, 0.4) is 0 Å². The summed E-state index contributed by atoms with van der Waals surface area (Å²) >= 11 is 1.36. The number of carbonyl (C=O) groups excluding carboxylic acids is 1. The molecule has 4 rings (SSSR count). The number of rotatable bonds is 5. The zero-order chi connectivity index (χ0) is 20.5. The van der Waals surface area contributed by atoms with Crippen molar-refractivity contribution in [2.75, 3.05) is 0 Å². The van der Waals surface area contributed by atoms with E-state index < -0.39 is 11.7 Å². The Morgan fingerprint density at radius 2 is 1.93 bits per heavy atom. The van der Waals surface area contributed by atoms with Crippen LogP contribution in [-0.2, 0) is 4.79 Å². The highest BCUT2D eigenvalue weighted by Crippen LogP contribution is 2.30. The molecule has 0 radical (unpaired) electrons. The Balaban J connectivity index is 1.68. The molecule has 2 aromatic carbocycles. The van der Waals surface area contributed by atoms with Crippen LogP contribution >= 0.6 is 11.3 Å². The molecule has 2 aromatic heterocycles. The Labute approximate surface area is 169 Å². The van der Waals surface area contributed by atoms with Gasteiger partial charge in [-0.2, -0.15) is 0 Å². The van der Waals surface area contributed by atoms with Crippen molar-refractivity contribution < 1.29 is 18.3 Å². The first-order chi connectivity index (χ1) is 13.9. The molecule has 0 unspecified atom stereocenters. The smallest absolute Gasteiger partial charge is 0.345 e. The molecule has 0 N–H and O–H groups in total. The number of thiazole rings is 1. The molecule has 5 nitrogen and oxygen atoms in total. The van der Waals surface area contributed by atoms with Crippen LogP contribution in [0.1, 0.15) is 13.8 Å². The van der Waals surface area contributed by atoms with Gasteiger partial charge in [0, 0.05) is 22.4 Å². The van der Waals surface area contributed by atoms with Gasteiger partial charge in [-0.05, 0) is 56.3 Å². The molecule has 0 saturated heterocycles. The van der Waals surface area contributed by atoms with Crippen LogP contribution < -0.4 is 10.4 Å². The van der Waals surface area contributed by atoms with Crippen molar-refractivity contribution in [3.05, 3.63) is 70.1 Å². The third kappa shape index (κ3) is 3.95. The van der Waals surface area contributed by atoms with Gasteiger partial charge in [0.1, 0.15) is 22.2 Å². The van der Waals surface area contributed by atoms with E-state index in [1.165, 1.54) is 30.4 Å². The van der Waals surface area contributed by atoms with Crippen LogP contribution in [0.4, 0.5) is 4.39 Å². The van der Waals surface area contributed by atoms with Crippen molar-refractivity contribution in [2.45, 2.75) is 20.0 Å². The lowest BCUT2D eigenvalue weighted by Gasteiger charge is -2.11. The lowest BCUT2D eigenvalue weighted by Crippen LogP contribution is -2.20. The normalized spacial score (nSPS) is 12.1. The van der Waals surface area contributed by atoms with E-state index >= 15 is 0 Å².